The van der Waals surface area contributed by atoms with Crippen LogP contribution in [0.15, 0.2) is 36.4 Å². The SMILES string of the molecule is O=[N+]([O-])c1ccc(NCc2ccc(O)c(Cl)c2)c(Cl)c1. The van der Waals surface area contributed by atoms with Crippen LogP contribution in [0.25, 0.3) is 0 Å². The van der Waals surface area contributed by atoms with Crippen LogP contribution < -0.4 is 5.32 Å². The van der Waals surface area contributed by atoms with Crippen molar-refractivity contribution in [1.82, 2.24) is 0 Å². The van der Waals surface area contributed by atoms with Crippen LogP contribution in [-0.2, 0) is 6.54 Å². The lowest BCUT2D eigenvalue weighted by Crippen LogP contribution is -2.00. The summed E-state index contributed by atoms with van der Waals surface area (Å²) >= 11 is 11.8. The molecule has 2 rings (SSSR count). The summed E-state index contributed by atoms with van der Waals surface area (Å²) in [4.78, 5) is 10.1. The lowest BCUT2D eigenvalue weighted by molar-refractivity contribution is -0.384. The van der Waals surface area contributed by atoms with Gasteiger partial charge in [-0.3, -0.25) is 10.1 Å². The molecule has 2 aromatic carbocycles. The van der Waals surface area contributed by atoms with Gasteiger partial charge in [-0.25, -0.2) is 0 Å². The van der Waals surface area contributed by atoms with E-state index in [0.717, 1.165) is 5.56 Å². The van der Waals surface area contributed by atoms with Crippen LogP contribution >= 0.6 is 23.2 Å². The second-order valence-electron chi connectivity index (χ2n) is 4.06. The maximum absolute atomic E-state index is 10.6. The van der Waals surface area contributed by atoms with Gasteiger partial charge in [-0.1, -0.05) is 29.3 Å². The van der Waals surface area contributed by atoms with Crippen molar-refractivity contribution < 1.29 is 10.0 Å². The molecule has 20 heavy (non-hydrogen) atoms. The highest BCUT2D eigenvalue weighted by Crippen LogP contribution is 2.28. The first-order valence-electron chi connectivity index (χ1n) is 5.62. The smallest absolute Gasteiger partial charge is 0.271 e. The van der Waals surface area contributed by atoms with E-state index in [-0.39, 0.29) is 21.5 Å². The number of halogens is 2. The van der Waals surface area contributed by atoms with Crippen molar-refractivity contribution in [2.75, 3.05) is 5.32 Å². The van der Waals surface area contributed by atoms with Crippen molar-refractivity contribution >= 4 is 34.6 Å². The number of anilines is 1. The summed E-state index contributed by atoms with van der Waals surface area (Å²) < 4.78 is 0. The molecule has 7 heteroatoms. The maximum Gasteiger partial charge on any atom is 0.271 e. The minimum Gasteiger partial charge on any atom is -0.506 e. The molecule has 2 N–H and O–H groups in total. The Hall–Kier alpha value is -1.98. The van der Waals surface area contributed by atoms with Crippen molar-refractivity contribution in [3.05, 3.63) is 62.1 Å². The minimum atomic E-state index is -0.505. The molecule has 2 aromatic rings. The van der Waals surface area contributed by atoms with Gasteiger partial charge in [0, 0.05) is 18.7 Å². The predicted octanol–water partition coefficient (Wildman–Crippen LogP) is 4.22. The van der Waals surface area contributed by atoms with E-state index in [2.05, 4.69) is 5.32 Å². The molecule has 0 spiro atoms. The Morgan fingerprint density at radius 1 is 1.15 bits per heavy atom. The molecule has 0 heterocycles. The van der Waals surface area contributed by atoms with E-state index in [1.54, 1.807) is 18.2 Å². The lowest BCUT2D eigenvalue weighted by Gasteiger charge is -2.09. The van der Waals surface area contributed by atoms with Gasteiger partial charge in [0.15, 0.2) is 0 Å². The molecule has 104 valence electrons. The van der Waals surface area contributed by atoms with Gasteiger partial charge in [0.2, 0.25) is 0 Å². The van der Waals surface area contributed by atoms with Gasteiger partial charge >= 0.3 is 0 Å². The van der Waals surface area contributed by atoms with Crippen molar-refractivity contribution in [3.63, 3.8) is 0 Å². The highest BCUT2D eigenvalue weighted by Gasteiger charge is 2.09. The first kappa shape index (κ1) is 14.4. The van der Waals surface area contributed by atoms with Crippen LogP contribution in [0.3, 0.4) is 0 Å². The summed E-state index contributed by atoms with van der Waals surface area (Å²) in [6, 6.07) is 9.04. The van der Waals surface area contributed by atoms with E-state index >= 15 is 0 Å². The van der Waals surface area contributed by atoms with Gasteiger partial charge in [0.05, 0.1) is 20.7 Å². The molecule has 0 fully saturated rings. The fraction of sp³-hybridized carbons (Fsp3) is 0.0769. The predicted molar refractivity (Wildman–Crippen MR) is 78.5 cm³/mol. The summed E-state index contributed by atoms with van der Waals surface area (Å²) in [5.41, 5.74) is 1.37. The van der Waals surface area contributed by atoms with Crippen LogP contribution in [0.1, 0.15) is 5.56 Å². The van der Waals surface area contributed by atoms with Crippen LogP contribution in [0, 0.1) is 10.1 Å². The third kappa shape index (κ3) is 3.31. The second kappa shape index (κ2) is 5.98. The first-order chi connectivity index (χ1) is 9.47. The van der Waals surface area contributed by atoms with Gasteiger partial charge in [-0.2, -0.15) is 0 Å². The Bertz CT molecular complexity index is 662. The van der Waals surface area contributed by atoms with Crippen molar-refractivity contribution in [2.45, 2.75) is 6.54 Å². The lowest BCUT2D eigenvalue weighted by atomic mass is 10.2. The largest absolute Gasteiger partial charge is 0.506 e. The molecule has 0 radical (unpaired) electrons. The van der Waals surface area contributed by atoms with E-state index in [4.69, 9.17) is 23.2 Å². The monoisotopic (exact) mass is 312 g/mol. The topological polar surface area (TPSA) is 75.4 Å². The third-order valence-electron chi connectivity index (χ3n) is 2.66. The summed E-state index contributed by atoms with van der Waals surface area (Å²) in [6.07, 6.45) is 0. The third-order valence-corrected chi connectivity index (χ3v) is 3.27. The molecule has 0 saturated carbocycles. The van der Waals surface area contributed by atoms with E-state index in [1.165, 1.54) is 18.2 Å². The Labute approximate surface area is 124 Å². The number of rotatable bonds is 4. The molecule has 0 bridgehead atoms. The van der Waals surface area contributed by atoms with Crippen LogP contribution in [0.2, 0.25) is 10.0 Å². The number of phenols is 1. The normalized spacial score (nSPS) is 10.3. The molecular weight excluding hydrogens is 303 g/mol. The van der Waals surface area contributed by atoms with Crippen molar-refractivity contribution in [2.24, 2.45) is 0 Å². The van der Waals surface area contributed by atoms with E-state index in [1.807, 2.05) is 0 Å². The number of phenolic OH excluding ortho intramolecular Hbond substituents is 1. The molecular formula is C13H10Cl2N2O3. The number of nitro benzene ring substituents is 1. The van der Waals surface area contributed by atoms with Gasteiger partial charge in [0.25, 0.3) is 5.69 Å². The average Bonchev–Trinajstić information content (AvgIpc) is 2.41. The molecule has 0 saturated heterocycles. The Morgan fingerprint density at radius 2 is 1.90 bits per heavy atom. The van der Waals surface area contributed by atoms with Crippen molar-refractivity contribution in [1.29, 1.82) is 0 Å². The molecule has 0 amide bonds. The number of benzene rings is 2. The van der Waals surface area contributed by atoms with E-state index in [9.17, 15) is 15.2 Å². The van der Waals surface area contributed by atoms with E-state index < -0.39 is 4.92 Å². The standard InChI is InChI=1S/C13H10Cl2N2O3/c14-10-6-9(17(19)20)2-3-12(10)16-7-8-1-4-13(18)11(15)5-8/h1-6,16,18H,7H2. The van der Waals surface area contributed by atoms with Gasteiger partial charge in [0.1, 0.15) is 5.75 Å². The number of hydrogen-bond donors (Lipinski definition) is 2. The zero-order valence-electron chi connectivity index (χ0n) is 10.1. The fourth-order valence-electron chi connectivity index (χ4n) is 1.62. The molecule has 0 unspecified atom stereocenters. The second-order valence-corrected chi connectivity index (χ2v) is 4.87. The number of hydrogen-bond acceptors (Lipinski definition) is 4. The number of aromatic hydroxyl groups is 1. The minimum absolute atomic E-state index is 0.0174. The van der Waals surface area contributed by atoms with Crippen molar-refractivity contribution in [3.8, 4) is 5.75 Å². The molecule has 0 aliphatic carbocycles. The quantitative estimate of drug-likeness (QED) is 0.654. The van der Waals surface area contributed by atoms with E-state index in [0.29, 0.717) is 12.2 Å². The highest BCUT2D eigenvalue weighted by atomic mass is 35.5. The average molecular weight is 313 g/mol. The summed E-state index contributed by atoms with van der Waals surface area (Å²) in [7, 11) is 0. The number of non-ortho nitro benzene ring substituents is 1. The molecule has 0 atom stereocenters. The molecule has 5 nitrogen and oxygen atoms in total. The maximum atomic E-state index is 10.6. The van der Waals surface area contributed by atoms with Gasteiger partial charge < -0.3 is 10.4 Å². The van der Waals surface area contributed by atoms with Crippen LogP contribution in [0.5, 0.6) is 5.75 Å². The van der Waals surface area contributed by atoms with Gasteiger partial charge in [-0.05, 0) is 23.8 Å². The number of nitrogens with one attached hydrogen (secondary N) is 1. The first-order valence-corrected chi connectivity index (χ1v) is 6.38. The number of nitro groups is 1. The summed E-state index contributed by atoms with van der Waals surface area (Å²) in [5, 5.41) is 23.5. The number of nitrogens with zero attached hydrogens (tertiary/aromatic N) is 1. The highest BCUT2D eigenvalue weighted by molar-refractivity contribution is 6.33. The molecule has 0 aliphatic rings. The Kier molecular flexibility index (Phi) is 4.32. The summed E-state index contributed by atoms with van der Waals surface area (Å²) in [5.74, 6) is 0.0174. The van der Waals surface area contributed by atoms with Crippen LogP contribution in [0.4, 0.5) is 11.4 Å². The Balaban J connectivity index is 2.10. The van der Waals surface area contributed by atoms with Crippen LogP contribution in [-0.4, -0.2) is 10.0 Å². The zero-order valence-corrected chi connectivity index (χ0v) is 11.6. The molecule has 0 aliphatic heterocycles. The zero-order chi connectivity index (χ0) is 14.7. The Morgan fingerprint density at radius 3 is 2.50 bits per heavy atom. The van der Waals surface area contributed by atoms with Gasteiger partial charge in [-0.15, -0.1) is 0 Å². The fourth-order valence-corrected chi connectivity index (χ4v) is 2.06. The summed E-state index contributed by atoms with van der Waals surface area (Å²) in [6.45, 7) is 0.428. The molecule has 0 aromatic heterocycles.